The Morgan fingerprint density at radius 2 is 1.52 bits per heavy atom. The van der Waals surface area contributed by atoms with Crippen LogP contribution in [0.5, 0.6) is 0 Å². The van der Waals surface area contributed by atoms with E-state index in [0.717, 1.165) is 28.1 Å². The van der Waals surface area contributed by atoms with E-state index in [1.807, 2.05) is 55.6 Å². The van der Waals surface area contributed by atoms with Crippen molar-refractivity contribution in [3.8, 4) is 22.5 Å². The molecule has 0 amide bonds. The minimum absolute atomic E-state index is 0. The topological polar surface area (TPSA) is 25.8 Å². The van der Waals surface area contributed by atoms with E-state index in [4.69, 9.17) is 1.37 Å². The van der Waals surface area contributed by atoms with Gasteiger partial charge in [0.2, 0.25) is 0 Å². The summed E-state index contributed by atoms with van der Waals surface area (Å²) < 4.78 is 14.0. The van der Waals surface area contributed by atoms with Gasteiger partial charge in [-0.25, -0.2) is 0 Å². The molecule has 0 fully saturated rings. The van der Waals surface area contributed by atoms with Gasteiger partial charge in [-0.05, 0) is 0 Å². The van der Waals surface area contributed by atoms with Gasteiger partial charge in [-0.15, -0.1) is 0 Å². The molecule has 3 heterocycles. The minimum Gasteiger partial charge on any atom is 0 e. The Labute approximate surface area is 288 Å². The maximum absolute atomic E-state index is 8.37. The van der Waals surface area contributed by atoms with Crippen molar-refractivity contribution in [3.63, 3.8) is 0 Å². The molecule has 0 atom stereocenters. The number of nitrogens with zero attached hydrogens (tertiary/aromatic N) is 2. The van der Waals surface area contributed by atoms with Crippen LogP contribution in [-0.2, 0) is 20.1 Å². The van der Waals surface area contributed by atoms with Gasteiger partial charge in [0.25, 0.3) is 0 Å². The molecule has 3 aromatic carbocycles. The molecule has 6 rings (SSSR count). The van der Waals surface area contributed by atoms with Gasteiger partial charge < -0.3 is 0 Å². The summed E-state index contributed by atoms with van der Waals surface area (Å²) >= 11 is -2.00. The number of hydrogen-bond donors (Lipinski definition) is 0. The molecule has 44 heavy (non-hydrogen) atoms. The average Bonchev–Trinajstić information content (AvgIpc) is 3.35. The zero-order chi connectivity index (χ0) is 31.9. The average molecular weight is 897 g/mol. The van der Waals surface area contributed by atoms with Crippen molar-refractivity contribution < 1.29 is 21.5 Å². The van der Waals surface area contributed by atoms with Crippen LogP contribution < -0.4 is 8.79 Å². The summed E-state index contributed by atoms with van der Waals surface area (Å²) in [6.45, 7) is 6.03. The quantitative estimate of drug-likeness (QED) is 0.127. The number of aromatic nitrogens is 2. The van der Waals surface area contributed by atoms with Gasteiger partial charge in [0, 0.05) is 20.1 Å². The van der Waals surface area contributed by atoms with Crippen LogP contribution in [0.4, 0.5) is 0 Å². The van der Waals surface area contributed by atoms with Crippen LogP contribution in [-0.4, -0.2) is 36.5 Å². The zero-order valence-corrected chi connectivity index (χ0v) is 34.6. The number of rotatable bonds is 5. The molecule has 1 radical (unpaired) electrons. The Morgan fingerprint density at radius 3 is 2.16 bits per heavy atom. The van der Waals surface area contributed by atoms with E-state index >= 15 is 0 Å². The summed E-state index contributed by atoms with van der Waals surface area (Å²) in [5.41, 5.74) is 6.43. The first-order valence-corrected chi connectivity index (χ1v) is 30.4. The van der Waals surface area contributed by atoms with Crippen molar-refractivity contribution in [1.82, 2.24) is 9.97 Å². The van der Waals surface area contributed by atoms with Crippen LogP contribution >= 0.6 is 11.3 Å². The Morgan fingerprint density at radius 1 is 0.818 bits per heavy atom. The summed E-state index contributed by atoms with van der Waals surface area (Å²) in [4.78, 5) is 9.23. The first kappa shape index (κ1) is 33.3. The smallest absolute Gasteiger partial charge is 0 e. The predicted molar refractivity (Wildman–Crippen MR) is 195 cm³/mol. The maximum Gasteiger partial charge on any atom is 0 e. The molecule has 3 aromatic heterocycles. The number of benzene rings is 3. The van der Waals surface area contributed by atoms with Crippen molar-refractivity contribution >= 4 is 66.8 Å². The van der Waals surface area contributed by atoms with Crippen molar-refractivity contribution in [1.29, 1.82) is 0 Å². The van der Waals surface area contributed by atoms with E-state index in [9.17, 15) is 0 Å². The summed E-state index contributed by atoms with van der Waals surface area (Å²) in [5, 5.41) is 2.74. The second-order valence-corrected chi connectivity index (χ2v) is 35.7. The first-order chi connectivity index (χ1) is 20.6. The van der Waals surface area contributed by atoms with Gasteiger partial charge in [-0.2, -0.15) is 0 Å². The second-order valence-electron chi connectivity index (χ2n) is 13.5. The van der Waals surface area contributed by atoms with Crippen LogP contribution in [0.3, 0.4) is 0 Å². The third-order valence-electron chi connectivity index (χ3n) is 7.76. The Kier molecular flexibility index (Phi) is 10.7. The van der Waals surface area contributed by atoms with E-state index in [1.165, 1.54) is 34.5 Å². The molecule has 6 heteroatoms. The molecule has 0 N–H and O–H groups in total. The molecule has 0 unspecified atom stereocenters. The fourth-order valence-electron chi connectivity index (χ4n) is 5.47. The molecule has 229 valence electrons. The predicted octanol–water partition coefficient (Wildman–Crippen LogP) is 9.99. The van der Waals surface area contributed by atoms with E-state index in [0.29, 0.717) is 0 Å². The minimum atomic E-state index is -2.06. The number of fused-ring (bicyclic) bond motifs is 3. The first-order valence-electron chi connectivity index (χ1n) is 15.4. The molecular weight excluding hydrogens is 854 g/mol. The summed E-state index contributed by atoms with van der Waals surface area (Å²) in [6.07, 6.45) is 3.90. The normalized spacial score (nSPS) is 12.3. The molecule has 6 aromatic rings. The SMILES string of the molecule is Cc1cc(-c2[c-]cccc2)nc[c]1[Ge]([CH3])([CH3])[CH3].[2H]C(C)(C)c1ccnc(-c2[c-]c[c]([Ge]([CH3])([CH3])[CH3])c3c2sc2ccccc23)c1.[Ir]. The van der Waals surface area contributed by atoms with Crippen molar-refractivity contribution in [2.24, 2.45) is 0 Å². The number of thiophene rings is 1. The second kappa shape index (κ2) is 14.1. The van der Waals surface area contributed by atoms with E-state index in [2.05, 4.69) is 118 Å². The molecule has 0 spiro atoms. The Balaban J connectivity index is 0.000000222. The van der Waals surface area contributed by atoms with Crippen LogP contribution in [0.1, 0.15) is 32.2 Å². The van der Waals surface area contributed by atoms with Crippen LogP contribution in [0.2, 0.25) is 34.5 Å². The van der Waals surface area contributed by atoms with E-state index in [1.54, 1.807) is 0 Å². The maximum atomic E-state index is 8.37. The third kappa shape index (κ3) is 7.65. The van der Waals surface area contributed by atoms with Gasteiger partial charge >= 0.3 is 270 Å². The molecule has 0 saturated carbocycles. The summed E-state index contributed by atoms with van der Waals surface area (Å²) in [6, 6.07) is 31.9. The fourth-order valence-corrected chi connectivity index (χ4v) is 13.7. The summed E-state index contributed by atoms with van der Waals surface area (Å²) in [5.74, 6) is 13.9. The van der Waals surface area contributed by atoms with E-state index in [-0.39, 0.29) is 20.1 Å². The molecule has 0 aliphatic heterocycles. The van der Waals surface area contributed by atoms with Gasteiger partial charge in [0.1, 0.15) is 0 Å². The van der Waals surface area contributed by atoms with Crippen molar-refractivity contribution in [2.75, 3.05) is 0 Å². The molecule has 0 saturated heterocycles. The third-order valence-corrected chi connectivity index (χ3v) is 17.7. The van der Waals surface area contributed by atoms with Gasteiger partial charge in [-0.3, -0.25) is 0 Å². The molecule has 0 bridgehead atoms. The monoisotopic (exact) mass is 900 g/mol. The Hall–Kier alpha value is -2.08. The van der Waals surface area contributed by atoms with E-state index < -0.39 is 32.4 Å². The van der Waals surface area contributed by atoms with Crippen LogP contribution in [0, 0.1) is 19.1 Å². The van der Waals surface area contributed by atoms with Gasteiger partial charge in [0.15, 0.2) is 0 Å². The molecular formula is C38H42Ge2IrN2S-2. The number of pyridine rings is 2. The molecule has 2 nitrogen and oxygen atoms in total. The van der Waals surface area contributed by atoms with Crippen LogP contribution in [0.15, 0.2) is 85.2 Å². The Bertz CT molecular complexity index is 1930. The number of aryl methyl sites for hydroxylation is 1. The zero-order valence-electron chi connectivity index (χ0n) is 28.2. The standard InChI is InChI=1S/C23H24GeNS.C15H18GeN.Ir/c1-15(2)16-12-13-25-20(14-16)17-10-11-19(24(3,4)5)22-18-8-6-7-9-21(18)26-23(17)22;1-12-10-15(13-8-6-5-7-9-13)17-11-14(12)16(2,3)4;/h6-9,11-15H,1-5H3;5-8,10-11H,1-4H3;/q2*-1;/i15D;;. The van der Waals surface area contributed by atoms with Crippen molar-refractivity contribution in [2.45, 2.75) is 61.2 Å². The molecule has 0 aliphatic carbocycles. The summed E-state index contributed by atoms with van der Waals surface area (Å²) in [7, 11) is 0. The largest absolute Gasteiger partial charge is 0 e. The van der Waals surface area contributed by atoms with Crippen molar-refractivity contribution in [3.05, 3.63) is 108 Å². The van der Waals surface area contributed by atoms with Gasteiger partial charge in [0.05, 0.1) is 0 Å². The fraction of sp³-hybridized carbons (Fsp3) is 0.263. The van der Waals surface area contributed by atoms with Gasteiger partial charge in [-0.1, -0.05) is 0 Å². The molecule has 0 aliphatic rings. The number of hydrogen-bond acceptors (Lipinski definition) is 3. The van der Waals surface area contributed by atoms with Crippen LogP contribution in [0.25, 0.3) is 42.7 Å².